The Morgan fingerprint density at radius 2 is 1.13 bits per heavy atom. The highest BCUT2D eigenvalue weighted by atomic mass is 16.7. The molecule has 0 atom stereocenters. The van der Waals surface area contributed by atoms with E-state index in [4.69, 9.17) is 47.1 Å². The molecule has 1 aromatic heterocycles. The molecule has 68 heavy (non-hydrogen) atoms. The molecular formula is C46H61N3O19. The largest absolute Gasteiger partial charge is 0.484 e. The van der Waals surface area contributed by atoms with Gasteiger partial charge in [0.15, 0.2) is 12.4 Å². The number of nitrogens with one attached hydrogen (secondary N) is 1. The van der Waals surface area contributed by atoms with Gasteiger partial charge in [-0.25, -0.2) is 9.59 Å². The van der Waals surface area contributed by atoms with Crippen LogP contribution in [-0.2, 0) is 71.6 Å². The number of amides is 5. The van der Waals surface area contributed by atoms with Gasteiger partial charge < -0.3 is 52.5 Å². The molecule has 374 valence electrons. The van der Waals surface area contributed by atoms with Crippen LogP contribution in [0.25, 0.3) is 11.0 Å². The van der Waals surface area contributed by atoms with Crippen molar-refractivity contribution in [2.75, 3.05) is 112 Å². The van der Waals surface area contributed by atoms with E-state index in [2.05, 4.69) is 5.32 Å². The Morgan fingerprint density at radius 1 is 0.588 bits per heavy atom. The summed E-state index contributed by atoms with van der Waals surface area (Å²) in [6.07, 6.45) is 5.50. The first-order valence-electron chi connectivity index (χ1n) is 22.7. The van der Waals surface area contributed by atoms with Gasteiger partial charge in [-0.05, 0) is 43.9 Å². The topological polar surface area (TPSA) is 268 Å². The molecule has 1 saturated heterocycles. The summed E-state index contributed by atoms with van der Waals surface area (Å²) in [7, 11) is 0. The van der Waals surface area contributed by atoms with Crippen LogP contribution < -0.4 is 15.7 Å². The molecule has 2 aliphatic rings. The molecule has 4 rings (SSSR count). The van der Waals surface area contributed by atoms with Gasteiger partial charge in [0.1, 0.15) is 22.7 Å². The van der Waals surface area contributed by atoms with Crippen molar-refractivity contribution in [2.24, 2.45) is 0 Å². The van der Waals surface area contributed by atoms with Crippen LogP contribution in [0.3, 0.4) is 0 Å². The van der Waals surface area contributed by atoms with Gasteiger partial charge in [-0.2, -0.15) is 0 Å². The van der Waals surface area contributed by atoms with Crippen LogP contribution in [0.1, 0.15) is 74.6 Å². The number of carbonyl (C=O) groups excluding carboxylic acids is 8. The van der Waals surface area contributed by atoms with Crippen LogP contribution in [0, 0.1) is 0 Å². The molecule has 5 amide bonds. The Kier molecular flexibility index (Phi) is 25.9. The molecule has 22 heteroatoms. The van der Waals surface area contributed by atoms with E-state index in [1.807, 2.05) is 0 Å². The monoisotopic (exact) mass is 959 g/mol. The van der Waals surface area contributed by atoms with Crippen molar-refractivity contribution in [1.82, 2.24) is 15.3 Å². The number of carbonyl (C=O) groups is 8. The highest BCUT2D eigenvalue weighted by molar-refractivity contribution is 6.13. The van der Waals surface area contributed by atoms with Gasteiger partial charge in [-0.1, -0.05) is 0 Å². The van der Waals surface area contributed by atoms with Crippen LogP contribution in [0.2, 0.25) is 0 Å². The minimum absolute atomic E-state index is 0.00149. The summed E-state index contributed by atoms with van der Waals surface area (Å²) >= 11 is 0. The zero-order chi connectivity index (χ0) is 48.8. The molecule has 22 nitrogen and oxygen atoms in total. The van der Waals surface area contributed by atoms with Crippen molar-refractivity contribution in [2.45, 2.75) is 64.2 Å². The molecule has 0 unspecified atom stereocenters. The predicted octanol–water partition coefficient (Wildman–Crippen LogP) is 1.81. The van der Waals surface area contributed by atoms with Crippen LogP contribution in [0.4, 0.5) is 0 Å². The second kappa shape index (κ2) is 32.1. The number of ether oxygens (including phenoxy) is 8. The van der Waals surface area contributed by atoms with Crippen LogP contribution in [0.15, 0.2) is 45.6 Å². The van der Waals surface area contributed by atoms with Gasteiger partial charge in [0.25, 0.3) is 29.5 Å². The third-order valence-electron chi connectivity index (χ3n) is 9.91. The number of fused-ring (bicyclic) bond motifs is 1. The van der Waals surface area contributed by atoms with Gasteiger partial charge in [0.05, 0.1) is 85.7 Å². The van der Waals surface area contributed by atoms with E-state index >= 15 is 0 Å². The molecule has 1 fully saturated rings. The summed E-state index contributed by atoms with van der Waals surface area (Å²) in [6.45, 7) is 4.60. The van der Waals surface area contributed by atoms with E-state index in [1.165, 1.54) is 24.3 Å². The minimum atomic E-state index is -0.763. The summed E-state index contributed by atoms with van der Waals surface area (Å²) in [5.41, 5.74) is -0.599. The standard InChI is InChI=1S/C46H61N3O19/c50-35(13-16-48-41(53)9-10-42(48)54)5-1-3-17-59-21-25-63-26-22-60-18-4-2-6-38(51)37-31-34-7-8-36(32-39(34)67-46(37)58)66-33-40(52)47-15-20-62-24-28-65-30-29-64-27-23-61-19-14-45(57)68-49-43(55)11-12-44(49)56/h7-10,31-32H,1-6,11-30,33H2,(H,47,52). The average molecular weight is 960 g/mol. The van der Waals surface area contributed by atoms with Crippen molar-refractivity contribution in [1.29, 1.82) is 0 Å². The lowest BCUT2D eigenvalue weighted by Crippen LogP contribution is -2.32. The molecule has 0 bridgehead atoms. The Balaban J connectivity index is 0.909. The molecule has 0 radical (unpaired) electrons. The molecule has 0 saturated carbocycles. The number of ketones is 2. The van der Waals surface area contributed by atoms with Gasteiger partial charge >= 0.3 is 11.6 Å². The van der Waals surface area contributed by atoms with Gasteiger partial charge in [-0.15, -0.1) is 5.06 Å². The Labute approximate surface area is 392 Å². The van der Waals surface area contributed by atoms with Crippen molar-refractivity contribution in [3.8, 4) is 5.75 Å². The fraction of sp³-hybridized carbons (Fsp3) is 0.587. The highest BCUT2D eigenvalue weighted by Crippen LogP contribution is 2.21. The molecule has 3 heterocycles. The molecule has 1 N–H and O–H groups in total. The van der Waals surface area contributed by atoms with E-state index in [-0.39, 0.29) is 119 Å². The zero-order valence-corrected chi connectivity index (χ0v) is 38.2. The first kappa shape index (κ1) is 54.9. The quantitative estimate of drug-likeness (QED) is 0.0433. The van der Waals surface area contributed by atoms with Crippen LogP contribution in [0.5, 0.6) is 5.75 Å². The fourth-order valence-electron chi connectivity index (χ4n) is 6.27. The minimum Gasteiger partial charge on any atom is -0.484 e. The number of imide groups is 2. The molecular weight excluding hydrogens is 899 g/mol. The summed E-state index contributed by atoms with van der Waals surface area (Å²) in [4.78, 5) is 113. The number of hydroxylamine groups is 2. The number of rotatable bonds is 39. The normalized spacial score (nSPS) is 13.6. The molecule has 2 aromatic rings. The molecule has 0 spiro atoms. The number of hydrogen-bond donors (Lipinski definition) is 1. The molecule has 2 aliphatic heterocycles. The zero-order valence-electron chi connectivity index (χ0n) is 38.2. The second-order valence-electron chi connectivity index (χ2n) is 15.2. The molecule has 0 aliphatic carbocycles. The second-order valence-corrected chi connectivity index (χ2v) is 15.2. The van der Waals surface area contributed by atoms with Gasteiger partial charge in [0, 0.05) is 82.0 Å². The number of nitrogens with zero attached hydrogens (tertiary/aromatic N) is 2. The predicted molar refractivity (Wildman–Crippen MR) is 236 cm³/mol. The third kappa shape index (κ3) is 21.5. The van der Waals surface area contributed by atoms with Crippen LogP contribution >= 0.6 is 0 Å². The third-order valence-corrected chi connectivity index (χ3v) is 9.91. The lowest BCUT2D eigenvalue weighted by molar-refractivity contribution is -0.198. The number of benzene rings is 1. The summed E-state index contributed by atoms with van der Waals surface area (Å²) in [5, 5.41) is 3.70. The van der Waals surface area contributed by atoms with E-state index in [0.717, 1.165) is 4.90 Å². The van der Waals surface area contributed by atoms with E-state index in [1.54, 1.807) is 12.1 Å². The Bertz CT molecular complexity index is 2040. The van der Waals surface area contributed by atoms with E-state index in [0.29, 0.717) is 114 Å². The maximum absolute atomic E-state index is 12.8. The van der Waals surface area contributed by atoms with Crippen molar-refractivity contribution in [3.63, 3.8) is 0 Å². The van der Waals surface area contributed by atoms with Crippen molar-refractivity contribution in [3.05, 3.63) is 52.4 Å². The summed E-state index contributed by atoms with van der Waals surface area (Å²) < 4.78 is 49.1. The highest BCUT2D eigenvalue weighted by Gasteiger charge is 2.32. The maximum Gasteiger partial charge on any atom is 0.347 e. The maximum atomic E-state index is 12.8. The Morgan fingerprint density at radius 3 is 1.74 bits per heavy atom. The smallest absolute Gasteiger partial charge is 0.347 e. The van der Waals surface area contributed by atoms with Crippen molar-refractivity contribution >= 4 is 58.0 Å². The SMILES string of the molecule is O=C(CCCCOCCOCCOCCCCC(=O)c1cc2ccc(OCC(=O)NCCOCCOCCOCCOCCC(=O)ON3C(=O)CCC3=O)cc2oc1=O)CCN1C(=O)C=CC1=O. The van der Waals surface area contributed by atoms with E-state index < -0.39 is 23.4 Å². The number of unbranched alkanes of at least 4 members (excludes halogenated alkanes) is 2. The summed E-state index contributed by atoms with van der Waals surface area (Å²) in [5.74, 6) is -3.00. The first-order chi connectivity index (χ1) is 33.0. The lowest BCUT2D eigenvalue weighted by Gasteiger charge is -2.12. The van der Waals surface area contributed by atoms with Gasteiger partial charge in [0.2, 0.25) is 0 Å². The number of Topliss-reactive ketones (excluding diaryl/α,β-unsaturated/α-hetero) is 2. The Hall–Kier alpha value is -5.75. The molecule has 1 aromatic carbocycles. The number of hydrogen-bond acceptors (Lipinski definition) is 19. The lowest BCUT2D eigenvalue weighted by atomic mass is 10.1. The van der Waals surface area contributed by atoms with Crippen LogP contribution in [-0.4, -0.2) is 169 Å². The fourth-order valence-corrected chi connectivity index (χ4v) is 6.27. The summed E-state index contributed by atoms with van der Waals surface area (Å²) in [6, 6.07) is 6.21. The van der Waals surface area contributed by atoms with Gasteiger partial charge in [-0.3, -0.25) is 38.5 Å². The first-order valence-corrected chi connectivity index (χ1v) is 22.7. The van der Waals surface area contributed by atoms with E-state index in [9.17, 15) is 43.2 Å². The average Bonchev–Trinajstić information content (AvgIpc) is 3.82. The van der Waals surface area contributed by atoms with Crippen molar-refractivity contribution < 1.29 is 85.5 Å².